The van der Waals surface area contributed by atoms with Crippen LogP contribution in [-0.4, -0.2) is 34.3 Å². The van der Waals surface area contributed by atoms with Crippen LogP contribution in [0.2, 0.25) is 0 Å². The van der Waals surface area contributed by atoms with Crippen LogP contribution >= 0.6 is 0 Å². The second kappa shape index (κ2) is 4.40. The average molecular weight is 244 g/mol. The van der Waals surface area contributed by atoms with Crippen molar-refractivity contribution in [1.82, 2.24) is 34.3 Å². The summed E-state index contributed by atoms with van der Waals surface area (Å²) < 4.78 is 3.77. The quantitative estimate of drug-likeness (QED) is 0.712. The van der Waals surface area contributed by atoms with E-state index in [4.69, 9.17) is 0 Å². The number of nitrogens with one attached hydrogen (secondary N) is 1. The minimum absolute atomic E-state index is 0.549. The minimum atomic E-state index is 0.549. The zero-order valence-corrected chi connectivity index (χ0v) is 9.85. The molecule has 18 heavy (non-hydrogen) atoms. The molecular formula is C10H12N8. The Balaban J connectivity index is 1.83. The van der Waals surface area contributed by atoms with E-state index in [9.17, 15) is 0 Å². The molecule has 8 heteroatoms. The number of anilines is 1. The van der Waals surface area contributed by atoms with Crippen LogP contribution in [0.1, 0.15) is 12.7 Å². The third-order valence-electron chi connectivity index (χ3n) is 2.67. The second-order valence-electron chi connectivity index (χ2n) is 3.72. The Morgan fingerprint density at radius 2 is 2.11 bits per heavy atom. The highest BCUT2D eigenvalue weighted by atomic mass is 15.3. The lowest BCUT2D eigenvalue weighted by molar-refractivity contribution is 0.707. The van der Waals surface area contributed by atoms with Gasteiger partial charge in [-0.15, -0.1) is 20.4 Å². The molecule has 0 atom stereocenters. The van der Waals surface area contributed by atoms with E-state index < -0.39 is 0 Å². The molecule has 0 unspecified atom stereocenters. The fourth-order valence-corrected chi connectivity index (χ4v) is 1.73. The molecule has 0 radical (unpaired) electrons. The van der Waals surface area contributed by atoms with Crippen LogP contribution in [0.5, 0.6) is 0 Å². The summed E-state index contributed by atoms with van der Waals surface area (Å²) in [6.07, 6.45) is 6.84. The Labute approximate surface area is 103 Å². The fraction of sp³-hybridized carbons (Fsp3) is 0.300. The van der Waals surface area contributed by atoms with Crippen molar-refractivity contribution in [3.8, 4) is 0 Å². The molecule has 0 fully saturated rings. The summed E-state index contributed by atoms with van der Waals surface area (Å²) in [5, 5.41) is 19.0. The number of aromatic nitrogens is 7. The predicted molar refractivity (Wildman–Crippen MR) is 63.8 cm³/mol. The molecule has 0 aliphatic heterocycles. The molecule has 0 aromatic carbocycles. The predicted octanol–water partition coefficient (Wildman–Crippen LogP) is 0.348. The first kappa shape index (κ1) is 10.6. The van der Waals surface area contributed by atoms with Gasteiger partial charge in [-0.3, -0.25) is 4.40 Å². The first-order valence-electron chi connectivity index (χ1n) is 5.63. The second-order valence-corrected chi connectivity index (χ2v) is 3.72. The van der Waals surface area contributed by atoms with Crippen molar-refractivity contribution < 1.29 is 0 Å². The molecule has 8 nitrogen and oxygen atoms in total. The Bertz CT molecular complexity index is 655. The Morgan fingerprint density at radius 1 is 1.22 bits per heavy atom. The lowest BCUT2D eigenvalue weighted by Crippen LogP contribution is -2.09. The number of hydrogen-bond donors (Lipinski definition) is 1. The van der Waals surface area contributed by atoms with Gasteiger partial charge in [0.2, 0.25) is 5.65 Å². The molecule has 0 spiro atoms. The molecule has 0 aliphatic carbocycles. The molecule has 0 aliphatic rings. The lowest BCUT2D eigenvalue weighted by Gasteiger charge is -2.06. The van der Waals surface area contributed by atoms with Crippen molar-refractivity contribution in [1.29, 1.82) is 0 Å². The summed E-state index contributed by atoms with van der Waals surface area (Å²) in [6, 6.07) is 0. The monoisotopic (exact) mass is 244 g/mol. The van der Waals surface area contributed by atoms with Gasteiger partial charge >= 0.3 is 0 Å². The smallest absolute Gasteiger partial charge is 0.203 e. The molecule has 3 aromatic heterocycles. The third-order valence-corrected chi connectivity index (χ3v) is 2.67. The summed E-state index contributed by atoms with van der Waals surface area (Å²) in [4.78, 5) is 4.24. The van der Waals surface area contributed by atoms with Crippen molar-refractivity contribution in [2.45, 2.75) is 20.0 Å². The van der Waals surface area contributed by atoms with Crippen LogP contribution in [0.15, 0.2) is 25.0 Å². The van der Waals surface area contributed by atoms with Gasteiger partial charge in [-0.1, -0.05) is 0 Å². The van der Waals surface area contributed by atoms with E-state index in [2.05, 4.69) is 30.7 Å². The van der Waals surface area contributed by atoms with E-state index in [1.807, 2.05) is 11.5 Å². The molecule has 0 saturated carbocycles. The van der Waals surface area contributed by atoms with Gasteiger partial charge in [-0.2, -0.15) is 0 Å². The maximum absolute atomic E-state index is 4.24. The van der Waals surface area contributed by atoms with E-state index in [1.54, 1.807) is 29.4 Å². The van der Waals surface area contributed by atoms with E-state index in [0.717, 1.165) is 12.4 Å². The highest BCUT2D eigenvalue weighted by molar-refractivity contribution is 5.61. The number of rotatable bonds is 4. The van der Waals surface area contributed by atoms with Crippen LogP contribution in [0.3, 0.4) is 0 Å². The van der Waals surface area contributed by atoms with Crippen molar-refractivity contribution in [2.75, 3.05) is 5.32 Å². The first-order valence-corrected chi connectivity index (χ1v) is 5.63. The van der Waals surface area contributed by atoms with E-state index in [-0.39, 0.29) is 0 Å². The SMILES string of the molecule is CCn1cnnc1CNc1nccn2cnnc12. The van der Waals surface area contributed by atoms with Gasteiger partial charge in [0.05, 0.1) is 6.54 Å². The highest BCUT2D eigenvalue weighted by Crippen LogP contribution is 2.10. The van der Waals surface area contributed by atoms with Crippen molar-refractivity contribution in [3.63, 3.8) is 0 Å². The Morgan fingerprint density at radius 3 is 3.00 bits per heavy atom. The summed E-state index contributed by atoms with van der Waals surface area (Å²) in [7, 11) is 0. The molecule has 3 rings (SSSR count). The van der Waals surface area contributed by atoms with Crippen LogP contribution in [0, 0.1) is 0 Å². The fourth-order valence-electron chi connectivity index (χ4n) is 1.73. The number of fused-ring (bicyclic) bond motifs is 1. The standard InChI is InChI=1S/C10H12N8/c1-2-17-6-13-15-8(17)5-12-9-10-16-14-7-18(10)4-3-11-9/h3-4,6-7H,2,5H2,1H3,(H,11,12). The zero-order valence-electron chi connectivity index (χ0n) is 9.85. The molecule has 1 N–H and O–H groups in total. The molecule has 0 amide bonds. The number of nitrogens with zero attached hydrogens (tertiary/aromatic N) is 7. The Kier molecular flexibility index (Phi) is 2.60. The number of hydrogen-bond acceptors (Lipinski definition) is 6. The summed E-state index contributed by atoms with van der Waals surface area (Å²) in [5.74, 6) is 1.54. The normalized spacial score (nSPS) is 10.9. The first-order chi connectivity index (χ1) is 8.88. The van der Waals surface area contributed by atoms with Gasteiger partial charge in [-0.05, 0) is 6.92 Å². The van der Waals surface area contributed by atoms with Crippen molar-refractivity contribution >= 4 is 11.5 Å². The molecule has 0 saturated heterocycles. The topological polar surface area (TPSA) is 85.8 Å². The molecule has 3 heterocycles. The molecule has 0 bridgehead atoms. The van der Waals surface area contributed by atoms with Gasteiger partial charge in [0.15, 0.2) is 11.6 Å². The average Bonchev–Trinajstić information content (AvgIpc) is 3.04. The Hall–Kier alpha value is -2.51. The maximum Gasteiger partial charge on any atom is 0.203 e. The van der Waals surface area contributed by atoms with Crippen LogP contribution < -0.4 is 5.32 Å². The lowest BCUT2D eigenvalue weighted by atomic mass is 10.5. The van der Waals surface area contributed by atoms with Gasteiger partial charge in [0.25, 0.3) is 0 Å². The summed E-state index contributed by atoms with van der Waals surface area (Å²) in [5.41, 5.74) is 0.695. The van der Waals surface area contributed by atoms with Crippen molar-refractivity contribution in [3.05, 3.63) is 30.9 Å². The van der Waals surface area contributed by atoms with Crippen LogP contribution in [-0.2, 0) is 13.1 Å². The van der Waals surface area contributed by atoms with E-state index in [1.165, 1.54) is 0 Å². The van der Waals surface area contributed by atoms with Gasteiger partial charge < -0.3 is 9.88 Å². The zero-order chi connectivity index (χ0) is 12.4. The largest absolute Gasteiger partial charge is 0.360 e. The highest BCUT2D eigenvalue weighted by Gasteiger charge is 2.06. The summed E-state index contributed by atoms with van der Waals surface area (Å²) >= 11 is 0. The van der Waals surface area contributed by atoms with Crippen LogP contribution in [0.25, 0.3) is 5.65 Å². The molecule has 3 aromatic rings. The maximum atomic E-state index is 4.24. The minimum Gasteiger partial charge on any atom is -0.360 e. The van der Waals surface area contributed by atoms with Gasteiger partial charge in [0.1, 0.15) is 12.7 Å². The molecule has 92 valence electrons. The molecular weight excluding hydrogens is 232 g/mol. The van der Waals surface area contributed by atoms with E-state index >= 15 is 0 Å². The number of aryl methyl sites for hydroxylation is 1. The van der Waals surface area contributed by atoms with E-state index in [0.29, 0.717) is 18.0 Å². The third kappa shape index (κ3) is 1.77. The van der Waals surface area contributed by atoms with Crippen molar-refractivity contribution in [2.24, 2.45) is 0 Å². The summed E-state index contributed by atoms with van der Waals surface area (Å²) in [6.45, 7) is 3.43. The van der Waals surface area contributed by atoms with Gasteiger partial charge in [-0.25, -0.2) is 4.98 Å². The van der Waals surface area contributed by atoms with Gasteiger partial charge in [0, 0.05) is 18.9 Å². The van der Waals surface area contributed by atoms with Crippen LogP contribution in [0.4, 0.5) is 5.82 Å².